The van der Waals surface area contributed by atoms with Crippen LogP contribution < -0.4 is 5.73 Å². The third kappa shape index (κ3) is 1.39. The van der Waals surface area contributed by atoms with E-state index in [-0.39, 0.29) is 0 Å². The van der Waals surface area contributed by atoms with Crippen LogP contribution in [-0.2, 0) is 7.05 Å². The van der Waals surface area contributed by atoms with Gasteiger partial charge in [-0.1, -0.05) is 0 Å². The van der Waals surface area contributed by atoms with Gasteiger partial charge < -0.3 is 5.73 Å². The molecular formula is C9H11N5O. The molecule has 0 saturated heterocycles. The summed E-state index contributed by atoms with van der Waals surface area (Å²) in [5.74, 6) is 0.154. The summed E-state index contributed by atoms with van der Waals surface area (Å²) in [6.45, 7) is 1.75. The number of nitrogens with two attached hydrogens (primary N) is 1. The first-order chi connectivity index (χ1) is 7.11. The van der Waals surface area contributed by atoms with Crippen molar-refractivity contribution in [1.29, 1.82) is 0 Å². The van der Waals surface area contributed by atoms with Crippen LogP contribution in [0.5, 0.6) is 0 Å². The average Bonchev–Trinajstić information content (AvgIpc) is 2.71. The van der Waals surface area contributed by atoms with Gasteiger partial charge in [-0.05, 0) is 6.92 Å². The number of carbonyl (C=O) groups excluding carboxylic acids is 1. The van der Waals surface area contributed by atoms with Crippen LogP contribution in [0.1, 0.15) is 16.1 Å². The Balaban J connectivity index is 2.70. The van der Waals surface area contributed by atoms with Crippen LogP contribution in [0, 0.1) is 6.92 Å². The van der Waals surface area contributed by atoms with E-state index in [1.807, 2.05) is 0 Å². The normalized spacial score (nSPS) is 10.5. The van der Waals surface area contributed by atoms with E-state index in [0.29, 0.717) is 17.1 Å². The van der Waals surface area contributed by atoms with E-state index < -0.39 is 5.91 Å². The standard InChI is InChI=1S/C9H11N5O/c1-6-7(8(10)15)9(13(2)12-6)14-4-3-11-5-14/h3-5H,1-2H3,(H2,10,15). The van der Waals surface area contributed by atoms with Crippen molar-refractivity contribution in [2.75, 3.05) is 0 Å². The van der Waals surface area contributed by atoms with Gasteiger partial charge in [0.15, 0.2) is 0 Å². The zero-order valence-electron chi connectivity index (χ0n) is 8.51. The van der Waals surface area contributed by atoms with E-state index in [2.05, 4.69) is 10.1 Å². The number of aryl methyl sites for hydroxylation is 2. The first-order valence-corrected chi connectivity index (χ1v) is 4.43. The molecule has 0 aliphatic heterocycles. The fourth-order valence-electron chi connectivity index (χ4n) is 1.62. The fraction of sp³-hybridized carbons (Fsp3) is 0.222. The van der Waals surface area contributed by atoms with Gasteiger partial charge in [-0.15, -0.1) is 0 Å². The lowest BCUT2D eigenvalue weighted by molar-refractivity contribution is 0.0999. The van der Waals surface area contributed by atoms with Gasteiger partial charge in [0.2, 0.25) is 0 Å². The molecule has 0 aromatic carbocycles. The van der Waals surface area contributed by atoms with Crippen molar-refractivity contribution in [2.24, 2.45) is 12.8 Å². The smallest absolute Gasteiger partial charge is 0.254 e. The largest absolute Gasteiger partial charge is 0.365 e. The molecule has 2 rings (SSSR count). The van der Waals surface area contributed by atoms with Crippen LogP contribution in [0.4, 0.5) is 0 Å². The maximum atomic E-state index is 11.3. The minimum atomic E-state index is -0.482. The first kappa shape index (κ1) is 9.45. The Kier molecular flexibility index (Phi) is 2.03. The molecule has 2 heterocycles. The molecule has 0 bridgehead atoms. The molecule has 0 aliphatic rings. The van der Waals surface area contributed by atoms with Crippen molar-refractivity contribution < 1.29 is 4.79 Å². The van der Waals surface area contributed by atoms with Gasteiger partial charge in [0, 0.05) is 19.4 Å². The summed E-state index contributed by atoms with van der Waals surface area (Å²) in [5, 5.41) is 4.16. The molecule has 0 fully saturated rings. The maximum absolute atomic E-state index is 11.3. The van der Waals surface area contributed by atoms with E-state index in [4.69, 9.17) is 5.73 Å². The summed E-state index contributed by atoms with van der Waals surface area (Å²) in [5.41, 5.74) is 6.35. The molecular weight excluding hydrogens is 194 g/mol. The molecule has 6 heteroatoms. The van der Waals surface area contributed by atoms with Crippen LogP contribution in [0.15, 0.2) is 18.7 Å². The summed E-state index contributed by atoms with van der Waals surface area (Å²) >= 11 is 0. The molecule has 0 atom stereocenters. The van der Waals surface area contributed by atoms with Crippen LogP contribution in [0.25, 0.3) is 5.82 Å². The van der Waals surface area contributed by atoms with E-state index >= 15 is 0 Å². The Hall–Kier alpha value is -2.11. The Bertz CT molecular complexity index is 497. The number of amides is 1. The third-order valence-corrected chi connectivity index (χ3v) is 2.19. The number of hydrogen-bond donors (Lipinski definition) is 1. The van der Waals surface area contributed by atoms with Crippen LogP contribution in [0.2, 0.25) is 0 Å². The number of nitrogens with zero attached hydrogens (tertiary/aromatic N) is 4. The van der Waals surface area contributed by atoms with Gasteiger partial charge in [-0.25, -0.2) is 4.98 Å². The predicted molar refractivity (Wildman–Crippen MR) is 53.6 cm³/mol. The summed E-state index contributed by atoms with van der Waals surface area (Å²) in [4.78, 5) is 15.2. The van der Waals surface area contributed by atoms with Crippen molar-refractivity contribution in [2.45, 2.75) is 6.92 Å². The van der Waals surface area contributed by atoms with E-state index in [0.717, 1.165) is 0 Å². The van der Waals surface area contributed by atoms with Gasteiger partial charge in [0.05, 0.1) is 5.69 Å². The monoisotopic (exact) mass is 205 g/mol. The molecule has 2 aromatic heterocycles. The Labute approximate surface area is 86.3 Å². The highest BCUT2D eigenvalue weighted by Crippen LogP contribution is 2.16. The number of carbonyl (C=O) groups is 1. The molecule has 0 saturated carbocycles. The molecule has 2 aromatic rings. The van der Waals surface area contributed by atoms with E-state index in [1.165, 1.54) is 0 Å². The highest BCUT2D eigenvalue weighted by molar-refractivity contribution is 5.97. The molecule has 78 valence electrons. The van der Waals surface area contributed by atoms with Crippen LogP contribution >= 0.6 is 0 Å². The quantitative estimate of drug-likeness (QED) is 0.750. The minimum absolute atomic E-state index is 0.426. The Morgan fingerprint density at radius 3 is 2.80 bits per heavy atom. The molecule has 15 heavy (non-hydrogen) atoms. The second-order valence-corrected chi connectivity index (χ2v) is 3.24. The van der Waals surface area contributed by atoms with E-state index in [9.17, 15) is 4.79 Å². The fourth-order valence-corrected chi connectivity index (χ4v) is 1.62. The maximum Gasteiger partial charge on any atom is 0.254 e. The van der Waals surface area contributed by atoms with Crippen molar-refractivity contribution in [3.05, 3.63) is 30.0 Å². The lowest BCUT2D eigenvalue weighted by Crippen LogP contribution is -2.15. The molecule has 0 radical (unpaired) electrons. The predicted octanol–water partition coefficient (Wildman–Crippen LogP) is 0.0131. The first-order valence-electron chi connectivity index (χ1n) is 4.43. The van der Waals surface area contributed by atoms with Crippen molar-refractivity contribution in [3.8, 4) is 5.82 Å². The van der Waals surface area contributed by atoms with Gasteiger partial charge in [0.25, 0.3) is 5.91 Å². The average molecular weight is 205 g/mol. The Morgan fingerprint density at radius 1 is 1.53 bits per heavy atom. The molecule has 0 aliphatic carbocycles. The second-order valence-electron chi connectivity index (χ2n) is 3.24. The van der Waals surface area contributed by atoms with Gasteiger partial charge >= 0.3 is 0 Å². The SMILES string of the molecule is Cc1nn(C)c(-n2ccnc2)c1C(N)=O. The van der Waals surface area contributed by atoms with Crippen LogP contribution in [-0.4, -0.2) is 25.2 Å². The number of imidazole rings is 1. The summed E-state index contributed by atoms with van der Waals surface area (Å²) in [6, 6.07) is 0. The summed E-state index contributed by atoms with van der Waals surface area (Å²) < 4.78 is 3.32. The van der Waals surface area contributed by atoms with Crippen LogP contribution in [0.3, 0.4) is 0 Å². The zero-order chi connectivity index (χ0) is 11.0. The molecule has 1 amide bonds. The van der Waals surface area contributed by atoms with Crippen molar-refractivity contribution >= 4 is 5.91 Å². The number of aromatic nitrogens is 4. The van der Waals surface area contributed by atoms with Crippen molar-refractivity contribution in [3.63, 3.8) is 0 Å². The topological polar surface area (TPSA) is 78.7 Å². The second kappa shape index (κ2) is 3.23. The van der Waals surface area contributed by atoms with Gasteiger partial charge in [-0.2, -0.15) is 5.10 Å². The molecule has 6 nitrogen and oxygen atoms in total. The lowest BCUT2D eigenvalue weighted by Gasteiger charge is -2.03. The summed E-state index contributed by atoms with van der Waals surface area (Å²) in [6.07, 6.45) is 4.97. The molecule has 0 spiro atoms. The minimum Gasteiger partial charge on any atom is -0.365 e. The Morgan fingerprint density at radius 2 is 2.27 bits per heavy atom. The zero-order valence-corrected chi connectivity index (χ0v) is 8.51. The highest BCUT2D eigenvalue weighted by Gasteiger charge is 2.18. The number of hydrogen-bond acceptors (Lipinski definition) is 3. The molecule has 2 N–H and O–H groups in total. The molecule has 0 unspecified atom stereocenters. The van der Waals surface area contributed by atoms with Gasteiger partial charge in [-0.3, -0.25) is 14.0 Å². The number of primary amides is 1. The van der Waals surface area contributed by atoms with Gasteiger partial charge in [0.1, 0.15) is 17.7 Å². The third-order valence-electron chi connectivity index (χ3n) is 2.19. The lowest BCUT2D eigenvalue weighted by atomic mass is 10.2. The summed E-state index contributed by atoms with van der Waals surface area (Å²) in [7, 11) is 1.76. The number of rotatable bonds is 2. The van der Waals surface area contributed by atoms with E-state index in [1.54, 1.807) is 41.9 Å². The highest BCUT2D eigenvalue weighted by atomic mass is 16.1. The van der Waals surface area contributed by atoms with Crippen molar-refractivity contribution in [1.82, 2.24) is 19.3 Å².